The molecule has 0 bridgehead atoms. The number of carbonyl (C=O) groups excluding carboxylic acids is 3. The van der Waals surface area contributed by atoms with Crippen LogP contribution in [0, 0.1) is 0 Å². The molecule has 0 heterocycles. The second-order valence-electron chi connectivity index (χ2n) is 7.37. The summed E-state index contributed by atoms with van der Waals surface area (Å²) in [6.07, 6.45) is 1.34. The summed E-state index contributed by atoms with van der Waals surface area (Å²) in [7, 11) is 1.54. The maximum absolute atomic E-state index is 12.3. The molecule has 0 unspecified atom stereocenters. The molecule has 0 saturated heterocycles. The molecule has 11 heteroatoms. The van der Waals surface area contributed by atoms with Gasteiger partial charge in [0.15, 0.2) is 18.1 Å². The molecule has 0 aromatic heterocycles. The number of amides is 3. The number of nitrogens with zero attached hydrogens (tertiary/aromatic N) is 1. The minimum Gasteiger partial charge on any atom is -0.497 e. The monoisotopic (exact) mass is 524 g/mol. The van der Waals surface area contributed by atoms with Crippen molar-refractivity contribution in [1.29, 1.82) is 0 Å². The van der Waals surface area contributed by atoms with Crippen molar-refractivity contribution in [3.05, 3.63) is 77.3 Å². The fourth-order valence-electron chi connectivity index (χ4n) is 3.00. The van der Waals surface area contributed by atoms with E-state index in [-0.39, 0.29) is 12.5 Å². The molecule has 37 heavy (non-hydrogen) atoms. The number of ether oxygens (including phenoxy) is 3. The van der Waals surface area contributed by atoms with E-state index in [0.29, 0.717) is 45.8 Å². The third-order valence-corrected chi connectivity index (χ3v) is 4.88. The summed E-state index contributed by atoms with van der Waals surface area (Å²) in [6.45, 7) is 1.91. The molecule has 0 spiro atoms. The first kappa shape index (κ1) is 27.0. The molecule has 0 aliphatic heterocycles. The van der Waals surface area contributed by atoms with Crippen molar-refractivity contribution in [1.82, 2.24) is 5.43 Å². The van der Waals surface area contributed by atoms with E-state index in [2.05, 4.69) is 21.2 Å². The van der Waals surface area contributed by atoms with Crippen molar-refractivity contribution in [2.24, 2.45) is 5.10 Å². The Bertz CT molecular complexity index is 1300. The van der Waals surface area contributed by atoms with Gasteiger partial charge in [0, 0.05) is 22.5 Å². The Kier molecular flexibility index (Phi) is 9.86. The zero-order valence-corrected chi connectivity index (χ0v) is 20.9. The first-order valence-corrected chi connectivity index (χ1v) is 11.5. The normalized spacial score (nSPS) is 10.5. The summed E-state index contributed by atoms with van der Waals surface area (Å²) < 4.78 is 16.4. The number of hydrazone groups is 1. The molecule has 0 aliphatic rings. The van der Waals surface area contributed by atoms with E-state index in [9.17, 15) is 14.4 Å². The number of carbonyl (C=O) groups is 3. The Morgan fingerprint density at radius 2 is 1.65 bits per heavy atom. The lowest BCUT2D eigenvalue weighted by Crippen LogP contribution is -2.32. The van der Waals surface area contributed by atoms with Crippen LogP contribution >= 0.6 is 11.6 Å². The molecule has 0 fully saturated rings. The third-order valence-electron chi connectivity index (χ3n) is 4.65. The second kappa shape index (κ2) is 13.5. The van der Waals surface area contributed by atoms with Crippen molar-refractivity contribution in [2.75, 3.05) is 31.0 Å². The van der Waals surface area contributed by atoms with Gasteiger partial charge in [0.1, 0.15) is 5.75 Å². The van der Waals surface area contributed by atoms with Crippen LogP contribution in [-0.2, 0) is 14.4 Å². The van der Waals surface area contributed by atoms with Crippen LogP contribution in [0.15, 0.2) is 71.8 Å². The Morgan fingerprint density at radius 3 is 2.38 bits per heavy atom. The van der Waals surface area contributed by atoms with Crippen molar-refractivity contribution in [3.63, 3.8) is 0 Å². The zero-order valence-electron chi connectivity index (χ0n) is 20.1. The Morgan fingerprint density at radius 1 is 0.892 bits per heavy atom. The largest absolute Gasteiger partial charge is 0.497 e. The molecule has 0 aliphatic carbocycles. The number of halogens is 1. The quantitative estimate of drug-likeness (QED) is 0.210. The van der Waals surface area contributed by atoms with E-state index < -0.39 is 11.8 Å². The number of nitrogens with one attached hydrogen (secondary N) is 3. The van der Waals surface area contributed by atoms with Crippen LogP contribution in [0.2, 0.25) is 5.02 Å². The van der Waals surface area contributed by atoms with E-state index in [1.165, 1.54) is 12.3 Å². The summed E-state index contributed by atoms with van der Waals surface area (Å²) >= 11 is 5.87. The Hall–Kier alpha value is -4.57. The maximum atomic E-state index is 12.3. The highest BCUT2D eigenvalue weighted by Crippen LogP contribution is 2.28. The average molecular weight is 525 g/mol. The standard InChI is InChI=1S/C26H25ClN4O6/c1-3-36-23-12-17(15-28-31-26(34)25(33)30-19-7-4-6-18(27)13-19)10-11-22(23)37-16-24(32)29-20-8-5-9-21(14-20)35-2/h4-15H,3,16H2,1-2H3,(H,29,32)(H,30,33)(H,31,34)/b28-15-. The number of hydrogen-bond acceptors (Lipinski definition) is 7. The fourth-order valence-corrected chi connectivity index (χ4v) is 3.19. The van der Waals surface area contributed by atoms with Gasteiger partial charge in [0.25, 0.3) is 5.91 Å². The highest BCUT2D eigenvalue weighted by Gasteiger charge is 2.13. The van der Waals surface area contributed by atoms with Crippen LogP contribution in [0.5, 0.6) is 17.2 Å². The number of hydrogen-bond donors (Lipinski definition) is 3. The molecule has 3 aromatic carbocycles. The zero-order chi connectivity index (χ0) is 26.6. The number of methoxy groups -OCH3 is 1. The minimum absolute atomic E-state index is 0.248. The predicted molar refractivity (Wildman–Crippen MR) is 141 cm³/mol. The third kappa shape index (κ3) is 8.55. The van der Waals surface area contributed by atoms with Crippen molar-refractivity contribution >= 4 is 46.9 Å². The fraction of sp³-hybridized carbons (Fsp3) is 0.154. The lowest BCUT2D eigenvalue weighted by molar-refractivity contribution is -0.136. The highest BCUT2D eigenvalue weighted by molar-refractivity contribution is 6.39. The molecule has 3 amide bonds. The van der Waals surface area contributed by atoms with Gasteiger partial charge in [-0.15, -0.1) is 0 Å². The first-order chi connectivity index (χ1) is 17.9. The van der Waals surface area contributed by atoms with Gasteiger partial charge in [-0.25, -0.2) is 5.43 Å². The van der Waals surface area contributed by atoms with Gasteiger partial charge in [-0.05, 0) is 61.0 Å². The molecule has 0 atom stereocenters. The van der Waals surface area contributed by atoms with Gasteiger partial charge in [0.2, 0.25) is 0 Å². The van der Waals surface area contributed by atoms with E-state index >= 15 is 0 Å². The van der Waals surface area contributed by atoms with E-state index in [1.54, 1.807) is 74.7 Å². The highest BCUT2D eigenvalue weighted by atomic mass is 35.5. The summed E-state index contributed by atoms with van der Waals surface area (Å²) in [5.41, 5.74) is 3.67. The van der Waals surface area contributed by atoms with Gasteiger partial charge in [-0.2, -0.15) is 5.10 Å². The lowest BCUT2D eigenvalue weighted by atomic mass is 10.2. The van der Waals surface area contributed by atoms with E-state index in [1.807, 2.05) is 0 Å². The average Bonchev–Trinajstić information content (AvgIpc) is 2.88. The second-order valence-corrected chi connectivity index (χ2v) is 7.81. The molecule has 0 saturated carbocycles. The molecule has 192 valence electrons. The van der Waals surface area contributed by atoms with Gasteiger partial charge in [-0.3, -0.25) is 14.4 Å². The lowest BCUT2D eigenvalue weighted by Gasteiger charge is -2.13. The molecule has 10 nitrogen and oxygen atoms in total. The van der Waals surface area contributed by atoms with E-state index in [0.717, 1.165) is 0 Å². The molecule has 3 aromatic rings. The molecular formula is C26H25ClN4O6. The van der Waals surface area contributed by atoms with Crippen LogP contribution in [0.25, 0.3) is 0 Å². The van der Waals surface area contributed by atoms with E-state index in [4.69, 9.17) is 25.8 Å². The Balaban J connectivity index is 1.55. The van der Waals surface area contributed by atoms with Gasteiger partial charge >= 0.3 is 11.8 Å². The van der Waals surface area contributed by atoms with Gasteiger partial charge in [0.05, 0.1) is 19.9 Å². The number of benzene rings is 3. The smallest absolute Gasteiger partial charge is 0.329 e. The molecule has 3 rings (SSSR count). The number of rotatable bonds is 10. The first-order valence-electron chi connectivity index (χ1n) is 11.1. The van der Waals surface area contributed by atoms with Crippen LogP contribution in [0.3, 0.4) is 0 Å². The van der Waals surface area contributed by atoms with Crippen molar-refractivity contribution < 1.29 is 28.6 Å². The van der Waals surface area contributed by atoms with Gasteiger partial charge in [-0.1, -0.05) is 23.7 Å². The Labute approximate surface area is 218 Å². The molecular weight excluding hydrogens is 500 g/mol. The maximum Gasteiger partial charge on any atom is 0.329 e. The van der Waals surface area contributed by atoms with Crippen LogP contribution in [0.1, 0.15) is 12.5 Å². The van der Waals surface area contributed by atoms with Gasteiger partial charge < -0.3 is 24.8 Å². The van der Waals surface area contributed by atoms with Crippen molar-refractivity contribution in [3.8, 4) is 17.2 Å². The molecule has 3 N–H and O–H groups in total. The predicted octanol–water partition coefficient (Wildman–Crippen LogP) is 3.85. The summed E-state index contributed by atoms with van der Waals surface area (Å²) in [4.78, 5) is 36.3. The topological polar surface area (TPSA) is 127 Å². The minimum atomic E-state index is -0.955. The van der Waals surface area contributed by atoms with Crippen LogP contribution < -0.4 is 30.3 Å². The summed E-state index contributed by atoms with van der Waals surface area (Å²) in [6, 6.07) is 18.2. The number of anilines is 2. The van der Waals surface area contributed by atoms with Crippen molar-refractivity contribution in [2.45, 2.75) is 6.92 Å². The summed E-state index contributed by atoms with van der Waals surface area (Å²) in [5, 5.41) is 9.38. The summed E-state index contributed by atoms with van der Waals surface area (Å²) in [5.74, 6) is -0.864. The SMILES string of the molecule is CCOc1cc(/C=N\NC(=O)C(=O)Nc2cccc(Cl)c2)ccc1OCC(=O)Nc1cccc(OC)c1. The molecule has 0 radical (unpaired) electrons. The van der Waals surface area contributed by atoms with Crippen LogP contribution in [-0.4, -0.2) is 44.3 Å². The van der Waals surface area contributed by atoms with Crippen LogP contribution in [0.4, 0.5) is 11.4 Å².